The van der Waals surface area contributed by atoms with Gasteiger partial charge in [-0.1, -0.05) is 71.6 Å². The number of nitrogens with two attached hydrogens (primary N) is 7. The van der Waals surface area contributed by atoms with Gasteiger partial charge in [0.15, 0.2) is 0 Å². The van der Waals surface area contributed by atoms with Crippen molar-refractivity contribution in [3.8, 4) is 0 Å². The van der Waals surface area contributed by atoms with E-state index in [1.165, 1.54) is 89.9 Å². The van der Waals surface area contributed by atoms with Gasteiger partial charge in [-0.05, 0) is 222 Å². The Morgan fingerprint density at radius 2 is 0.947 bits per heavy atom. The van der Waals surface area contributed by atoms with Crippen molar-refractivity contribution in [3.05, 3.63) is 0 Å². The summed E-state index contributed by atoms with van der Waals surface area (Å²) in [5.74, 6) is 2.27. The number of alkyl halides is 2. The molecule has 2 amide bonds. The number of piperidine rings is 2. The molecular weight excluding hydrogens is 1200 g/mol. The van der Waals surface area contributed by atoms with Gasteiger partial charge < -0.3 is 79.7 Å². The Bertz CT molecular complexity index is 1860. The van der Waals surface area contributed by atoms with Crippen molar-refractivity contribution in [3.63, 3.8) is 0 Å². The summed E-state index contributed by atoms with van der Waals surface area (Å²) < 4.78 is 46.5. The third-order valence-electron chi connectivity index (χ3n) is 18.3. The lowest BCUT2D eigenvalue weighted by Crippen LogP contribution is -2.61. The molecule has 0 aromatic heterocycles. The molecule has 0 unspecified atom stereocenters. The van der Waals surface area contributed by atoms with E-state index in [2.05, 4.69) is 31.4 Å². The standard InChI is InChI=1S/C12H22N2O3.C12H23NO2.C8H16N2O2.2C7H15N.2C6H12FN.C6H13NO.C6H13N.CO2/c1-12(2,3)17-11(15)14-6-7-16-10-4-5-13-8-9(10)14;1-9-5-6-10(8-13-9)7-11(14)15-12(2,3)4;1-8(2,3)12-7(11)10-4-6(9)5-10;2*1-6-2-4-7(8)5-3-6;3*7-5-3-1-2-4-6(5)8;7-6-4-2-1-3-5-6;2-1-3/h9-10,13H,4-8H2,1-3H3;9-10,13H,5-8H2,1-4H3;6H,4-5,9H2,1-3H3;2*6-7H,2-5,8H2,1H3;2*5-6H,1-4,8H2;5-6,8H,1-4,7H2;6H,1-5,7H2;/t9-,10+;9-,10-;;;;5-,6+;2*5-,6-;;/m00...100../s1. The summed E-state index contributed by atoms with van der Waals surface area (Å²) in [7, 11) is 0. The number of esters is 1. The first kappa shape index (κ1) is 88.8. The summed E-state index contributed by atoms with van der Waals surface area (Å²) in [4.78, 5) is 54.6. The van der Waals surface area contributed by atoms with Crippen LogP contribution in [0.5, 0.6) is 0 Å². The van der Waals surface area contributed by atoms with Crippen molar-refractivity contribution in [1.29, 1.82) is 0 Å². The van der Waals surface area contributed by atoms with Crippen molar-refractivity contribution in [2.75, 3.05) is 45.9 Å². The second-order valence-corrected chi connectivity index (χ2v) is 31.3. The number of likely N-dealkylation sites (tertiary alicyclic amines) is 1. The largest absolute Gasteiger partial charge is 0.460 e. The summed E-state index contributed by atoms with van der Waals surface area (Å²) in [5.41, 5.74) is 37.7. The molecule has 0 aromatic rings. The van der Waals surface area contributed by atoms with E-state index in [1.54, 1.807) is 4.90 Å². The second kappa shape index (κ2) is 48.5. The van der Waals surface area contributed by atoms with Crippen LogP contribution < -0.4 is 50.8 Å². The molecule has 0 aromatic carbocycles. The molecule has 6 aliphatic carbocycles. The first-order chi connectivity index (χ1) is 44.0. The minimum atomic E-state index is -0.719. The quantitative estimate of drug-likeness (QED) is 0.0907. The van der Waals surface area contributed by atoms with E-state index >= 15 is 0 Å². The smallest absolute Gasteiger partial charge is 0.410 e. The summed E-state index contributed by atoms with van der Waals surface area (Å²) in [6, 6.07) is 2.16. The minimum absolute atomic E-state index is 0.0590. The third kappa shape index (κ3) is 44.7. The molecule has 21 nitrogen and oxygen atoms in total. The Balaban J connectivity index is 0.000000535. The van der Waals surface area contributed by atoms with Crippen molar-refractivity contribution in [2.45, 2.75) is 365 Å². The SMILES string of the molecule is CC(C)(C)OC(=O)N1CC(N)C1.CC(C)(C)OC(=O)N1CCO[C@@H]2CCNC[C@@H]21.CC1CCC(N)CC1.CC1CCC(N)CC1.C[C@H]1CC[C@@H](CC(=O)OC(C)(C)C)CN1.NC1CCCCC1.N[C@H]1CCCC[C@@H]1F.N[C@H]1CCCC[C@@H]1O.N[C@H]1CCCC[C@H]1F.O=C=O. The van der Waals surface area contributed by atoms with Crippen LogP contribution in [0, 0.1) is 17.8 Å². The van der Waals surface area contributed by atoms with Gasteiger partial charge >= 0.3 is 24.3 Å². The number of ether oxygens (including phenoxy) is 4. The average molecular weight is 1350 g/mol. The number of halogens is 2. The van der Waals surface area contributed by atoms with Gasteiger partial charge in [0.1, 0.15) is 29.1 Å². The zero-order chi connectivity index (χ0) is 71.0. The highest BCUT2D eigenvalue weighted by molar-refractivity contribution is 5.70. The number of carbonyl (C=O) groups excluding carboxylic acids is 5. The number of nitrogens with one attached hydrogen (secondary N) is 2. The van der Waals surface area contributed by atoms with E-state index in [0.29, 0.717) is 75.6 Å². The van der Waals surface area contributed by atoms with Crippen LogP contribution in [0.25, 0.3) is 0 Å². The molecule has 17 N–H and O–H groups in total. The molecule has 4 heterocycles. The van der Waals surface area contributed by atoms with Gasteiger partial charge in [0.25, 0.3) is 0 Å². The monoisotopic (exact) mass is 1350 g/mol. The Kier molecular flexibility index (Phi) is 45.9. The lowest BCUT2D eigenvalue weighted by atomic mass is 9.88. The van der Waals surface area contributed by atoms with Crippen LogP contribution in [-0.2, 0) is 33.3 Å². The fourth-order valence-corrected chi connectivity index (χ4v) is 12.3. The number of carbonyl (C=O) groups is 3. The van der Waals surface area contributed by atoms with Crippen LogP contribution in [0.3, 0.4) is 0 Å². The molecule has 554 valence electrons. The molecule has 6 saturated carbocycles. The van der Waals surface area contributed by atoms with Crippen LogP contribution in [0.2, 0.25) is 0 Å². The van der Waals surface area contributed by atoms with Gasteiger partial charge in [0, 0.05) is 80.9 Å². The maximum absolute atomic E-state index is 12.5. The molecule has 10 fully saturated rings. The number of rotatable bonds is 2. The molecule has 23 heteroatoms. The number of aliphatic hydroxyl groups is 1. The van der Waals surface area contributed by atoms with Gasteiger partial charge in [0.2, 0.25) is 0 Å². The van der Waals surface area contributed by atoms with Crippen molar-refractivity contribution in [1.82, 2.24) is 20.4 Å². The fraction of sp³-hybridized carbons (Fsp3) is 0.944. The van der Waals surface area contributed by atoms with E-state index < -0.39 is 23.5 Å². The van der Waals surface area contributed by atoms with Crippen LogP contribution >= 0.6 is 0 Å². The van der Waals surface area contributed by atoms with Crippen molar-refractivity contribution < 1.29 is 56.8 Å². The molecule has 10 rings (SSSR count). The first-order valence-electron chi connectivity index (χ1n) is 36.5. The zero-order valence-corrected chi connectivity index (χ0v) is 61.0. The Labute approximate surface area is 568 Å². The van der Waals surface area contributed by atoms with Gasteiger partial charge in [-0.25, -0.2) is 18.4 Å². The third-order valence-corrected chi connectivity index (χ3v) is 18.3. The molecule has 4 saturated heterocycles. The molecule has 0 spiro atoms. The zero-order valence-electron chi connectivity index (χ0n) is 61.0. The van der Waals surface area contributed by atoms with E-state index in [1.807, 2.05) is 67.2 Å². The lowest BCUT2D eigenvalue weighted by Gasteiger charge is -2.43. The number of morpholine rings is 1. The molecule has 10 atom stereocenters. The van der Waals surface area contributed by atoms with Gasteiger partial charge in [0.05, 0.1) is 24.9 Å². The highest BCUT2D eigenvalue weighted by Crippen LogP contribution is 2.26. The number of hydrogen-bond donors (Lipinski definition) is 10. The Morgan fingerprint density at radius 1 is 0.521 bits per heavy atom. The van der Waals surface area contributed by atoms with Crippen LogP contribution in [-0.4, -0.2) is 181 Å². The second-order valence-electron chi connectivity index (χ2n) is 31.3. The number of hydrogen-bond acceptors (Lipinski definition) is 19. The Morgan fingerprint density at radius 3 is 1.30 bits per heavy atom. The van der Waals surface area contributed by atoms with E-state index in [4.69, 9.17) is 73.8 Å². The molecule has 94 heavy (non-hydrogen) atoms. The van der Waals surface area contributed by atoms with E-state index in [9.17, 15) is 23.2 Å². The van der Waals surface area contributed by atoms with Crippen LogP contribution in [0.4, 0.5) is 18.4 Å². The number of fused-ring (bicyclic) bond motifs is 1. The topological polar surface area (TPSA) is 355 Å². The normalized spacial score (nSPS) is 31.0. The van der Waals surface area contributed by atoms with Crippen molar-refractivity contribution in [2.24, 2.45) is 57.9 Å². The summed E-state index contributed by atoms with van der Waals surface area (Å²) in [6.07, 6.45) is 30.8. The predicted molar refractivity (Wildman–Crippen MR) is 373 cm³/mol. The number of aliphatic hydroxyl groups excluding tert-OH is 1. The molecule has 10 aliphatic rings. The van der Waals surface area contributed by atoms with Gasteiger partial charge in [-0.15, -0.1) is 0 Å². The summed E-state index contributed by atoms with van der Waals surface area (Å²) in [6.45, 7) is 28.9. The minimum Gasteiger partial charge on any atom is -0.460 e. The molecule has 4 aliphatic heterocycles. The average Bonchev–Trinajstić information content (AvgIpc) is 0.830. The summed E-state index contributed by atoms with van der Waals surface area (Å²) in [5, 5.41) is 15.7. The van der Waals surface area contributed by atoms with Crippen LogP contribution in [0.1, 0.15) is 269 Å². The Hall–Kier alpha value is -3.19. The van der Waals surface area contributed by atoms with Gasteiger partial charge in [-0.3, -0.25) is 9.69 Å². The molecular formula is C71H141F2N11O10. The van der Waals surface area contributed by atoms with Crippen molar-refractivity contribution >= 4 is 24.3 Å². The maximum Gasteiger partial charge on any atom is 0.410 e. The predicted octanol–water partition coefficient (Wildman–Crippen LogP) is 10.1. The molecule has 0 radical (unpaired) electrons. The van der Waals surface area contributed by atoms with E-state index in [0.717, 1.165) is 109 Å². The van der Waals surface area contributed by atoms with E-state index in [-0.39, 0.29) is 72.3 Å². The summed E-state index contributed by atoms with van der Waals surface area (Å²) >= 11 is 0. The number of amides is 2. The number of nitrogens with zero attached hydrogens (tertiary/aromatic N) is 2. The maximum atomic E-state index is 12.5. The van der Waals surface area contributed by atoms with Crippen LogP contribution in [0.15, 0.2) is 0 Å². The fourth-order valence-electron chi connectivity index (χ4n) is 12.3. The lowest BCUT2D eigenvalue weighted by molar-refractivity contribution is -0.191. The molecule has 0 bridgehead atoms. The van der Waals surface area contributed by atoms with Gasteiger partial charge in [-0.2, -0.15) is 9.59 Å². The highest BCUT2D eigenvalue weighted by Gasteiger charge is 2.39. The highest BCUT2D eigenvalue weighted by atomic mass is 19.1. The first-order valence-corrected chi connectivity index (χ1v) is 36.5.